The van der Waals surface area contributed by atoms with E-state index in [1.54, 1.807) is 31.4 Å². The molecule has 3 nitrogen and oxygen atoms in total. The van der Waals surface area contributed by atoms with Crippen molar-refractivity contribution in [1.82, 2.24) is 0 Å². The summed E-state index contributed by atoms with van der Waals surface area (Å²) in [7, 11) is 0.342. The lowest BCUT2D eigenvalue weighted by Gasteiger charge is -2.01. The highest BCUT2D eigenvalue weighted by Crippen LogP contribution is 2.14. The molecule has 0 saturated carbocycles. The Hall–Kier alpha value is -1.16. The van der Waals surface area contributed by atoms with Crippen molar-refractivity contribution in [3.63, 3.8) is 0 Å². The molecule has 0 aliphatic rings. The molecule has 14 heavy (non-hydrogen) atoms. The highest BCUT2D eigenvalue weighted by Gasteiger charge is 2.06. The highest BCUT2D eigenvalue weighted by atomic mass is 32.2. The molecule has 0 aromatic heterocycles. The van der Waals surface area contributed by atoms with Crippen molar-refractivity contribution in [3.8, 4) is 5.75 Å². The van der Waals surface area contributed by atoms with Crippen molar-refractivity contribution in [2.24, 2.45) is 0 Å². The zero-order chi connectivity index (χ0) is 10.6. The largest absolute Gasteiger partial charge is 0.497 e. The van der Waals surface area contributed by atoms with E-state index < -0.39 is 10.8 Å². The normalized spacial score (nSPS) is 12.1. The zero-order valence-electron chi connectivity index (χ0n) is 8.15. The lowest BCUT2D eigenvalue weighted by Crippen LogP contribution is -2.06. The first kappa shape index (κ1) is 10.9. The van der Waals surface area contributed by atoms with Gasteiger partial charge in [-0.2, -0.15) is 0 Å². The monoisotopic (exact) mass is 212 g/mol. The molecule has 4 heteroatoms. The quantitative estimate of drug-likeness (QED) is 0.757. The summed E-state index contributed by atoms with van der Waals surface area (Å²) in [4.78, 5) is 11.4. The fourth-order valence-electron chi connectivity index (χ4n) is 0.995. The Balaban J connectivity index is 2.76. The Morgan fingerprint density at radius 2 is 1.93 bits per heavy atom. The van der Waals surface area contributed by atoms with Crippen LogP contribution in [0.25, 0.3) is 0 Å². The van der Waals surface area contributed by atoms with E-state index in [-0.39, 0.29) is 11.5 Å². The molecule has 0 spiro atoms. The summed E-state index contributed by atoms with van der Waals surface area (Å²) in [5, 5.41) is 0. The number of carbonyl (C=O) groups is 1. The van der Waals surface area contributed by atoms with Crippen molar-refractivity contribution < 1.29 is 13.7 Å². The first-order chi connectivity index (χ1) is 6.63. The summed E-state index contributed by atoms with van der Waals surface area (Å²) in [6, 6.07) is 6.87. The SMILES string of the molecule is COc1ccc(S(=O)CC(C)=O)cc1. The molecular weight excluding hydrogens is 200 g/mol. The first-order valence-electron chi connectivity index (χ1n) is 4.15. The van der Waals surface area contributed by atoms with E-state index in [4.69, 9.17) is 4.74 Å². The fourth-order valence-corrected chi connectivity index (χ4v) is 1.97. The molecule has 0 bridgehead atoms. The van der Waals surface area contributed by atoms with E-state index in [0.717, 1.165) is 0 Å². The van der Waals surface area contributed by atoms with Crippen molar-refractivity contribution >= 4 is 16.6 Å². The molecule has 1 rings (SSSR count). The van der Waals surface area contributed by atoms with Crippen LogP contribution in [0.4, 0.5) is 0 Å². The summed E-state index contributed by atoms with van der Waals surface area (Å²) in [5.74, 6) is 0.722. The van der Waals surface area contributed by atoms with Gasteiger partial charge < -0.3 is 4.74 Å². The molecule has 1 aromatic rings. The van der Waals surface area contributed by atoms with Crippen LogP contribution in [0.15, 0.2) is 29.2 Å². The van der Waals surface area contributed by atoms with Crippen LogP contribution in [-0.4, -0.2) is 22.9 Å². The maximum absolute atomic E-state index is 11.5. The van der Waals surface area contributed by atoms with Crippen LogP contribution < -0.4 is 4.74 Å². The average Bonchev–Trinajstić information content (AvgIpc) is 2.17. The third kappa shape index (κ3) is 2.96. The minimum Gasteiger partial charge on any atom is -0.497 e. The molecule has 0 saturated heterocycles. The minimum absolute atomic E-state index is 0.0702. The van der Waals surface area contributed by atoms with E-state index in [2.05, 4.69) is 0 Å². The Bertz CT molecular complexity index is 343. The van der Waals surface area contributed by atoms with Crippen molar-refractivity contribution in [1.29, 1.82) is 0 Å². The van der Waals surface area contributed by atoms with Gasteiger partial charge in [-0.1, -0.05) is 0 Å². The molecule has 1 atom stereocenters. The number of hydrogen-bond donors (Lipinski definition) is 0. The standard InChI is InChI=1S/C10H12O3S/c1-8(11)7-14(12)10-5-3-9(13-2)4-6-10/h3-6H,7H2,1-2H3. The second-order valence-corrected chi connectivity index (χ2v) is 4.32. The third-order valence-corrected chi connectivity index (χ3v) is 3.12. The predicted molar refractivity (Wildman–Crippen MR) is 55.0 cm³/mol. The molecule has 0 aliphatic heterocycles. The van der Waals surface area contributed by atoms with Gasteiger partial charge in [-0.15, -0.1) is 0 Å². The summed E-state index contributed by atoms with van der Waals surface area (Å²) >= 11 is 0. The van der Waals surface area contributed by atoms with E-state index >= 15 is 0 Å². The molecule has 1 aromatic carbocycles. The molecule has 0 aliphatic carbocycles. The van der Waals surface area contributed by atoms with Gasteiger partial charge in [0.25, 0.3) is 0 Å². The minimum atomic E-state index is -1.23. The third-order valence-electron chi connectivity index (χ3n) is 1.66. The second kappa shape index (κ2) is 4.91. The lowest BCUT2D eigenvalue weighted by molar-refractivity contribution is -0.114. The highest BCUT2D eigenvalue weighted by molar-refractivity contribution is 7.85. The molecule has 0 fully saturated rings. The molecule has 0 radical (unpaired) electrons. The van der Waals surface area contributed by atoms with Gasteiger partial charge in [0.2, 0.25) is 0 Å². The molecular formula is C10H12O3S. The van der Waals surface area contributed by atoms with E-state index in [1.807, 2.05) is 0 Å². The Morgan fingerprint density at radius 3 is 2.36 bits per heavy atom. The molecule has 0 amide bonds. The first-order valence-corrected chi connectivity index (χ1v) is 5.47. The molecule has 1 unspecified atom stereocenters. The van der Waals surface area contributed by atoms with Gasteiger partial charge in [0.05, 0.1) is 23.7 Å². The van der Waals surface area contributed by atoms with Gasteiger partial charge in [-0.05, 0) is 31.2 Å². The Morgan fingerprint density at radius 1 is 1.36 bits per heavy atom. The smallest absolute Gasteiger partial charge is 0.142 e. The maximum atomic E-state index is 11.5. The van der Waals surface area contributed by atoms with Crippen LogP contribution in [0.1, 0.15) is 6.92 Å². The second-order valence-electron chi connectivity index (χ2n) is 2.87. The number of ketones is 1. The number of methoxy groups -OCH3 is 1. The van der Waals surface area contributed by atoms with Crippen LogP contribution in [0, 0.1) is 0 Å². The van der Waals surface area contributed by atoms with Crippen LogP contribution in [0.3, 0.4) is 0 Å². The fraction of sp³-hybridized carbons (Fsp3) is 0.300. The number of benzene rings is 1. The van der Waals surface area contributed by atoms with Gasteiger partial charge in [-0.3, -0.25) is 9.00 Å². The van der Waals surface area contributed by atoms with Gasteiger partial charge in [0.15, 0.2) is 0 Å². The van der Waals surface area contributed by atoms with Crippen LogP contribution in [-0.2, 0) is 15.6 Å². The number of hydrogen-bond acceptors (Lipinski definition) is 3. The Labute approximate surface area is 85.5 Å². The Kier molecular flexibility index (Phi) is 3.83. The number of carbonyl (C=O) groups excluding carboxylic acids is 1. The van der Waals surface area contributed by atoms with Crippen LogP contribution in [0.2, 0.25) is 0 Å². The van der Waals surface area contributed by atoms with Crippen molar-refractivity contribution in [3.05, 3.63) is 24.3 Å². The molecule has 0 N–H and O–H groups in total. The summed E-state index contributed by atoms with van der Waals surface area (Å²) < 4.78 is 16.5. The van der Waals surface area contributed by atoms with Gasteiger partial charge in [0, 0.05) is 4.90 Å². The van der Waals surface area contributed by atoms with Gasteiger partial charge in [-0.25, -0.2) is 0 Å². The predicted octanol–water partition coefficient (Wildman–Crippen LogP) is 1.39. The van der Waals surface area contributed by atoms with E-state index in [0.29, 0.717) is 10.6 Å². The summed E-state index contributed by atoms with van der Waals surface area (Å²) in [6.45, 7) is 1.43. The number of rotatable bonds is 4. The zero-order valence-corrected chi connectivity index (χ0v) is 8.97. The van der Waals surface area contributed by atoms with E-state index in [9.17, 15) is 9.00 Å². The van der Waals surface area contributed by atoms with E-state index in [1.165, 1.54) is 6.92 Å². The summed E-state index contributed by atoms with van der Waals surface area (Å²) in [5.41, 5.74) is 0. The average molecular weight is 212 g/mol. The lowest BCUT2D eigenvalue weighted by atomic mass is 10.3. The van der Waals surface area contributed by atoms with Gasteiger partial charge in [0.1, 0.15) is 11.5 Å². The maximum Gasteiger partial charge on any atom is 0.142 e. The van der Waals surface area contributed by atoms with Gasteiger partial charge >= 0.3 is 0 Å². The molecule has 76 valence electrons. The van der Waals surface area contributed by atoms with Crippen molar-refractivity contribution in [2.45, 2.75) is 11.8 Å². The number of ether oxygens (including phenoxy) is 1. The van der Waals surface area contributed by atoms with Crippen LogP contribution in [0.5, 0.6) is 5.75 Å². The summed E-state index contributed by atoms with van der Waals surface area (Å²) in [6.07, 6.45) is 0. The topological polar surface area (TPSA) is 43.4 Å². The molecule has 0 heterocycles. The van der Waals surface area contributed by atoms with Crippen molar-refractivity contribution in [2.75, 3.05) is 12.9 Å². The van der Waals surface area contributed by atoms with Crippen LogP contribution >= 0.6 is 0 Å². The number of Topliss-reactive ketones (excluding diaryl/α,β-unsaturated/α-hetero) is 1.